The molecule has 0 saturated heterocycles. The number of nitriles is 2. The Morgan fingerprint density at radius 1 is 1.14 bits per heavy atom. The monoisotopic (exact) mass is 394 g/mol. The lowest BCUT2D eigenvalue weighted by molar-refractivity contribution is 0.305. The van der Waals surface area contributed by atoms with Crippen molar-refractivity contribution < 1.29 is 9.13 Å². The van der Waals surface area contributed by atoms with Crippen molar-refractivity contribution in [2.24, 2.45) is 0 Å². The smallest absolute Gasteiger partial charge is 0.268 e. The third-order valence-corrected chi connectivity index (χ3v) is 4.29. The Morgan fingerprint density at radius 3 is 2.57 bits per heavy atom. The molecule has 0 spiro atoms. The van der Waals surface area contributed by atoms with Crippen LogP contribution >= 0.6 is 11.6 Å². The topological polar surface area (TPSA) is 116 Å². The second-order valence-corrected chi connectivity index (χ2v) is 6.19. The summed E-state index contributed by atoms with van der Waals surface area (Å²) in [6.07, 6.45) is 0. The number of nitrogens with two attached hydrogens (primary N) is 1. The summed E-state index contributed by atoms with van der Waals surface area (Å²) in [4.78, 5) is 14.3. The van der Waals surface area contributed by atoms with Gasteiger partial charge in [0.05, 0.1) is 5.02 Å². The fourth-order valence-corrected chi connectivity index (χ4v) is 2.79. The van der Waals surface area contributed by atoms with Gasteiger partial charge in [0.15, 0.2) is 0 Å². The molecule has 1 heterocycles. The molecule has 0 bridgehead atoms. The van der Waals surface area contributed by atoms with Gasteiger partial charge in [0.25, 0.3) is 5.56 Å². The summed E-state index contributed by atoms with van der Waals surface area (Å²) >= 11 is 5.66. The first-order valence-electron chi connectivity index (χ1n) is 7.97. The molecule has 3 rings (SSSR count). The Kier molecular flexibility index (Phi) is 5.30. The number of ether oxygens (including phenoxy) is 1. The van der Waals surface area contributed by atoms with Crippen molar-refractivity contribution >= 4 is 17.4 Å². The average Bonchev–Trinajstić information content (AvgIpc) is 2.68. The number of hydrogen-bond acceptors (Lipinski definition) is 5. The Bertz CT molecular complexity index is 1210. The molecule has 0 amide bonds. The number of nitrogens with one attached hydrogen (secondary N) is 1. The van der Waals surface area contributed by atoms with E-state index >= 15 is 0 Å². The van der Waals surface area contributed by atoms with Crippen molar-refractivity contribution in [3.05, 3.63) is 80.3 Å². The second kappa shape index (κ2) is 7.83. The minimum absolute atomic E-state index is 0.00641. The molecule has 0 saturated carbocycles. The van der Waals surface area contributed by atoms with Crippen molar-refractivity contribution in [1.82, 2.24) is 4.98 Å². The van der Waals surface area contributed by atoms with E-state index in [1.54, 1.807) is 30.3 Å². The zero-order valence-electron chi connectivity index (χ0n) is 14.3. The summed E-state index contributed by atoms with van der Waals surface area (Å²) in [6.45, 7) is 0.0747. The SMILES string of the molecule is N#Cc1c(N)[nH]c(=O)c(C#N)c1-c1cccc(OCc2ccc(Cl)c(F)c2)c1. The van der Waals surface area contributed by atoms with Crippen LogP contribution in [0.3, 0.4) is 0 Å². The summed E-state index contributed by atoms with van der Waals surface area (Å²) < 4.78 is 19.2. The Balaban J connectivity index is 1.98. The fraction of sp³-hybridized carbons (Fsp3) is 0.0500. The number of nitrogen functional groups attached to an aromatic ring is 1. The number of aromatic amines is 1. The standard InChI is InChI=1S/C20H12ClFN4O2/c21-16-5-4-11(6-17(16)22)10-28-13-3-1-2-12(7-13)18-14(8-23)19(25)26-20(27)15(18)9-24/h1-7H,10H2,(H3,25,26,27). The lowest BCUT2D eigenvalue weighted by atomic mass is 9.96. The van der Waals surface area contributed by atoms with Gasteiger partial charge in [-0.15, -0.1) is 0 Å². The Labute approximate surface area is 164 Å². The highest BCUT2D eigenvalue weighted by molar-refractivity contribution is 6.30. The zero-order chi connectivity index (χ0) is 20.3. The molecule has 0 aliphatic rings. The second-order valence-electron chi connectivity index (χ2n) is 5.78. The van der Waals surface area contributed by atoms with Crippen LogP contribution in [0.4, 0.5) is 10.2 Å². The molecule has 138 valence electrons. The lowest BCUT2D eigenvalue weighted by Gasteiger charge is -2.11. The van der Waals surface area contributed by atoms with Gasteiger partial charge in [-0.25, -0.2) is 4.39 Å². The van der Waals surface area contributed by atoms with Crippen molar-refractivity contribution in [3.8, 4) is 29.0 Å². The predicted molar refractivity (Wildman–Crippen MR) is 102 cm³/mol. The summed E-state index contributed by atoms with van der Waals surface area (Å²) in [5.74, 6) is -0.267. The van der Waals surface area contributed by atoms with Gasteiger partial charge in [-0.2, -0.15) is 10.5 Å². The third kappa shape index (κ3) is 3.66. The first-order chi connectivity index (χ1) is 13.4. The van der Waals surface area contributed by atoms with E-state index in [1.807, 2.05) is 12.1 Å². The number of aromatic nitrogens is 1. The van der Waals surface area contributed by atoms with Crippen LogP contribution in [0.15, 0.2) is 47.3 Å². The van der Waals surface area contributed by atoms with Gasteiger partial charge in [0, 0.05) is 5.56 Å². The molecule has 0 unspecified atom stereocenters. The largest absolute Gasteiger partial charge is 0.489 e. The van der Waals surface area contributed by atoms with Gasteiger partial charge < -0.3 is 15.5 Å². The molecular formula is C20H12ClFN4O2. The number of rotatable bonds is 4. The highest BCUT2D eigenvalue weighted by Crippen LogP contribution is 2.30. The zero-order valence-corrected chi connectivity index (χ0v) is 15.0. The molecule has 0 fully saturated rings. The van der Waals surface area contributed by atoms with E-state index in [0.29, 0.717) is 16.9 Å². The third-order valence-electron chi connectivity index (χ3n) is 3.98. The number of nitrogens with zero attached hydrogens (tertiary/aromatic N) is 2. The van der Waals surface area contributed by atoms with Crippen LogP contribution in [0.2, 0.25) is 5.02 Å². The van der Waals surface area contributed by atoms with Gasteiger partial charge in [-0.1, -0.05) is 29.8 Å². The number of benzene rings is 2. The average molecular weight is 395 g/mol. The Hall–Kier alpha value is -3.81. The highest BCUT2D eigenvalue weighted by Gasteiger charge is 2.18. The van der Waals surface area contributed by atoms with Crippen molar-refractivity contribution in [2.75, 3.05) is 5.73 Å². The molecule has 3 N–H and O–H groups in total. The maximum Gasteiger partial charge on any atom is 0.268 e. The van der Waals surface area contributed by atoms with Crippen LogP contribution in [0, 0.1) is 28.5 Å². The molecule has 0 atom stereocenters. The number of hydrogen-bond donors (Lipinski definition) is 2. The molecule has 2 aromatic carbocycles. The van der Waals surface area contributed by atoms with Gasteiger partial charge in [-0.3, -0.25) is 4.79 Å². The first kappa shape index (κ1) is 19.0. The van der Waals surface area contributed by atoms with Gasteiger partial charge in [-0.05, 0) is 35.4 Å². The van der Waals surface area contributed by atoms with Crippen LogP contribution in [0.1, 0.15) is 16.7 Å². The van der Waals surface area contributed by atoms with Gasteiger partial charge in [0.1, 0.15) is 47.3 Å². The summed E-state index contributed by atoms with van der Waals surface area (Å²) in [5, 5.41) is 18.8. The molecule has 3 aromatic rings. The van der Waals surface area contributed by atoms with Crippen molar-refractivity contribution in [3.63, 3.8) is 0 Å². The summed E-state index contributed by atoms with van der Waals surface area (Å²) in [7, 11) is 0. The van der Waals surface area contributed by atoms with Crippen LogP contribution in [0.25, 0.3) is 11.1 Å². The molecule has 0 radical (unpaired) electrons. The maximum absolute atomic E-state index is 13.5. The van der Waals surface area contributed by atoms with Crippen LogP contribution < -0.4 is 16.0 Å². The van der Waals surface area contributed by atoms with E-state index in [9.17, 15) is 19.7 Å². The minimum atomic E-state index is -0.683. The van der Waals surface area contributed by atoms with E-state index in [2.05, 4.69) is 4.98 Å². The van der Waals surface area contributed by atoms with Crippen LogP contribution in [-0.2, 0) is 6.61 Å². The molecule has 6 nitrogen and oxygen atoms in total. The lowest BCUT2D eigenvalue weighted by Crippen LogP contribution is -2.16. The molecule has 0 aliphatic carbocycles. The molecule has 28 heavy (non-hydrogen) atoms. The summed E-state index contributed by atoms with van der Waals surface area (Å²) in [5.41, 5.74) is 5.95. The number of anilines is 1. The molecule has 0 aliphatic heterocycles. The number of H-pyrrole nitrogens is 1. The maximum atomic E-state index is 13.5. The first-order valence-corrected chi connectivity index (χ1v) is 8.35. The number of halogens is 2. The molecule has 8 heteroatoms. The van der Waals surface area contributed by atoms with Crippen LogP contribution in [0.5, 0.6) is 5.75 Å². The molecular weight excluding hydrogens is 383 g/mol. The van der Waals surface area contributed by atoms with E-state index < -0.39 is 11.4 Å². The number of pyridine rings is 1. The Morgan fingerprint density at radius 2 is 1.89 bits per heavy atom. The molecule has 1 aromatic heterocycles. The predicted octanol–water partition coefficient (Wildman–Crippen LogP) is 3.74. The quantitative estimate of drug-likeness (QED) is 0.699. The van der Waals surface area contributed by atoms with Gasteiger partial charge >= 0.3 is 0 Å². The van der Waals surface area contributed by atoms with Crippen molar-refractivity contribution in [1.29, 1.82) is 10.5 Å². The normalized spacial score (nSPS) is 10.1. The fourth-order valence-electron chi connectivity index (χ4n) is 2.67. The van der Waals surface area contributed by atoms with Crippen LogP contribution in [-0.4, -0.2) is 4.98 Å². The van der Waals surface area contributed by atoms with E-state index in [1.165, 1.54) is 12.1 Å². The van der Waals surface area contributed by atoms with E-state index in [-0.39, 0.29) is 34.1 Å². The summed E-state index contributed by atoms with van der Waals surface area (Å²) in [6, 6.07) is 14.6. The van der Waals surface area contributed by atoms with E-state index in [0.717, 1.165) is 0 Å². The van der Waals surface area contributed by atoms with Crippen molar-refractivity contribution in [2.45, 2.75) is 6.61 Å². The highest BCUT2D eigenvalue weighted by atomic mass is 35.5. The minimum Gasteiger partial charge on any atom is -0.489 e. The van der Waals surface area contributed by atoms with Gasteiger partial charge in [0.2, 0.25) is 0 Å². The van der Waals surface area contributed by atoms with E-state index in [4.69, 9.17) is 22.1 Å².